The molecule has 0 bridgehead atoms. The molecule has 2 nitrogen and oxygen atoms in total. The molecular weight excluding hydrogens is 229 g/mol. The predicted octanol–water partition coefficient (Wildman–Crippen LogP) is 3.15. The van der Waals surface area contributed by atoms with Crippen LogP contribution in [0.4, 0.5) is 4.39 Å². The topological polar surface area (TPSA) is 35.2 Å². The molecule has 0 aromatic heterocycles. The lowest BCUT2D eigenvalue weighted by Gasteiger charge is -2.35. The average molecular weight is 253 g/mol. The van der Waals surface area contributed by atoms with Gasteiger partial charge in [-0.15, -0.1) is 0 Å². The van der Waals surface area contributed by atoms with Crippen LogP contribution in [0, 0.1) is 11.2 Å². The molecule has 0 fully saturated rings. The zero-order valence-corrected chi connectivity index (χ0v) is 11.7. The minimum Gasteiger partial charge on any atom is -0.376 e. The van der Waals surface area contributed by atoms with Crippen molar-refractivity contribution in [2.45, 2.75) is 46.3 Å². The first-order valence-electron chi connectivity index (χ1n) is 6.46. The number of rotatable bonds is 5. The number of ether oxygens (including phenoxy) is 1. The van der Waals surface area contributed by atoms with Crippen LogP contribution in [-0.2, 0) is 11.2 Å². The first-order valence-corrected chi connectivity index (χ1v) is 6.46. The molecule has 0 aliphatic carbocycles. The first kappa shape index (κ1) is 15.1. The van der Waals surface area contributed by atoms with E-state index in [2.05, 4.69) is 20.8 Å². The van der Waals surface area contributed by atoms with Crippen LogP contribution in [-0.4, -0.2) is 18.8 Å². The molecule has 0 heterocycles. The quantitative estimate of drug-likeness (QED) is 0.875. The van der Waals surface area contributed by atoms with Crippen LogP contribution < -0.4 is 5.73 Å². The summed E-state index contributed by atoms with van der Waals surface area (Å²) in [6.07, 6.45) is 0.413. The van der Waals surface area contributed by atoms with Gasteiger partial charge in [0, 0.05) is 12.6 Å². The summed E-state index contributed by atoms with van der Waals surface area (Å²) in [6.45, 7) is 8.85. The van der Waals surface area contributed by atoms with E-state index >= 15 is 0 Å². The Morgan fingerprint density at radius 1 is 1.28 bits per heavy atom. The van der Waals surface area contributed by atoms with Crippen molar-refractivity contribution >= 4 is 0 Å². The smallest absolute Gasteiger partial charge is 0.126 e. The highest BCUT2D eigenvalue weighted by atomic mass is 19.1. The van der Waals surface area contributed by atoms with E-state index in [1.54, 1.807) is 12.1 Å². The third-order valence-corrected chi connectivity index (χ3v) is 3.00. The van der Waals surface area contributed by atoms with Gasteiger partial charge in [-0.25, -0.2) is 4.39 Å². The summed E-state index contributed by atoms with van der Waals surface area (Å²) in [6, 6.07) is 6.56. The Morgan fingerprint density at radius 2 is 1.89 bits per heavy atom. The molecule has 18 heavy (non-hydrogen) atoms. The molecule has 0 aliphatic heterocycles. The van der Waals surface area contributed by atoms with E-state index in [1.807, 2.05) is 13.0 Å². The molecule has 1 aromatic rings. The molecule has 2 atom stereocenters. The third-order valence-electron chi connectivity index (χ3n) is 3.00. The second kappa shape index (κ2) is 6.30. The number of halogens is 1. The van der Waals surface area contributed by atoms with E-state index in [-0.39, 0.29) is 23.4 Å². The van der Waals surface area contributed by atoms with Crippen molar-refractivity contribution in [1.29, 1.82) is 0 Å². The summed E-state index contributed by atoms with van der Waals surface area (Å²) < 4.78 is 19.3. The summed E-state index contributed by atoms with van der Waals surface area (Å²) in [5.74, 6) is -0.197. The predicted molar refractivity (Wildman–Crippen MR) is 72.9 cm³/mol. The van der Waals surface area contributed by atoms with Gasteiger partial charge in [0.15, 0.2) is 0 Å². The minimum atomic E-state index is -0.207. The van der Waals surface area contributed by atoms with Gasteiger partial charge in [0.05, 0.1) is 6.10 Å². The second-order valence-corrected chi connectivity index (χ2v) is 5.70. The zero-order valence-electron chi connectivity index (χ0n) is 11.7. The van der Waals surface area contributed by atoms with E-state index in [0.29, 0.717) is 18.6 Å². The van der Waals surface area contributed by atoms with Crippen molar-refractivity contribution in [3.05, 3.63) is 35.6 Å². The van der Waals surface area contributed by atoms with Gasteiger partial charge in [-0.3, -0.25) is 0 Å². The van der Waals surface area contributed by atoms with Gasteiger partial charge in [0.25, 0.3) is 0 Å². The van der Waals surface area contributed by atoms with Crippen LogP contribution >= 0.6 is 0 Å². The van der Waals surface area contributed by atoms with Crippen molar-refractivity contribution in [1.82, 2.24) is 0 Å². The largest absolute Gasteiger partial charge is 0.376 e. The Balaban J connectivity index is 2.79. The molecule has 0 spiro atoms. The van der Waals surface area contributed by atoms with Crippen molar-refractivity contribution in [3.8, 4) is 0 Å². The molecule has 102 valence electrons. The van der Waals surface area contributed by atoms with Crippen molar-refractivity contribution in [2.24, 2.45) is 11.1 Å². The van der Waals surface area contributed by atoms with Crippen LogP contribution in [0.5, 0.6) is 0 Å². The van der Waals surface area contributed by atoms with Crippen LogP contribution in [0.15, 0.2) is 24.3 Å². The maximum Gasteiger partial charge on any atom is 0.126 e. The molecule has 0 saturated heterocycles. The lowest BCUT2D eigenvalue weighted by Crippen LogP contribution is -2.46. The maximum absolute atomic E-state index is 13.6. The molecular formula is C15H24FNO. The van der Waals surface area contributed by atoms with E-state index in [1.165, 1.54) is 6.07 Å². The normalized spacial score (nSPS) is 15.4. The lowest BCUT2D eigenvalue weighted by atomic mass is 9.82. The van der Waals surface area contributed by atoms with Gasteiger partial charge in [-0.05, 0) is 30.4 Å². The number of hydrogen-bond acceptors (Lipinski definition) is 2. The van der Waals surface area contributed by atoms with Gasteiger partial charge in [-0.2, -0.15) is 0 Å². The van der Waals surface area contributed by atoms with Crippen molar-refractivity contribution in [2.75, 3.05) is 6.61 Å². The fourth-order valence-corrected chi connectivity index (χ4v) is 2.22. The Kier molecular flexibility index (Phi) is 5.29. The van der Waals surface area contributed by atoms with Crippen molar-refractivity contribution in [3.63, 3.8) is 0 Å². The van der Waals surface area contributed by atoms with Crippen molar-refractivity contribution < 1.29 is 9.13 Å². The Morgan fingerprint density at radius 3 is 2.39 bits per heavy atom. The Labute approximate surface area is 109 Å². The molecule has 2 unspecified atom stereocenters. The van der Waals surface area contributed by atoms with E-state index in [9.17, 15) is 4.39 Å². The molecule has 2 N–H and O–H groups in total. The highest BCUT2D eigenvalue weighted by Gasteiger charge is 2.31. The highest BCUT2D eigenvalue weighted by Crippen LogP contribution is 2.26. The van der Waals surface area contributed by atoms with E-state index < -0.39 is 0 Å². The maximum atomic E-state index is 13.6. The molecule has 0 amide bonds. The summed E-state index contributed by atoms with van der Waals surface area (Å²) in [5, 5.41) is 0. The second-order valence-electron chi connectivity index (χ2n) is 5.70. The summed E-state index contributed by atoms with van der Waals surface area (Å²) in [5.41, 5.74) is 6.80. The molecule has 3 heteroatoms. The minimum absolute atomic E-state index is 0.0549. The zero-order chi connectivity index (χ0) is 13.8. The van der Waals surface area contributed by atoms with Crippen LogP contribution in [0.3, 0.4) is 0 Å². The van der Waals surface area contributed by atoms with Gasteiger partial charge in [0.1, 0.15) is 5.82 Å². The Hall–Kier alpha value is -0.930. The molecule has 1 rings (SSSR count). The summed E-state index contributed by atoms with van der Waals surface area (Å²) in [4.78, 5) is 0. The fourth-order valence-electron chi connectivity index (χ4n) is 2.22. The van der Waals surface area contributed by atoms with Gasteiger partial charge in [-0.1, -0.05) is 39.0 Å². The Bertz CT molecular complexity index is 373. The monoisotopic (exact) mass is 253 g/mol. The lowest BCUT2D eigenvalue weighted by molar-refractivity contribution is -0.0275. The van der Waals surface area contributed by atoms with E-state index in [4.69, 9.17) is 10.5 Å². The average Bonchev–Trinajstić information content (AvgIpc) is 2.27. The van der Waals surface area contributed by atoms with Gasteiger partial charge >= 0.3 is 0 Å². The van der Waals surface area contributed by atoms with Gasteiger partial charge < -0.3 is 10.5 Å². The van der Waals surface area contributed by atoms with Crippen LogP contribution in [0.2, 0.25) is 0 Å². The van der Waals surface area contributed by atoms with Gasteiger partial charge in [0.2, 0.25) is 0 Å². The van der Waals surface area contributed by atoms with Crippen LogP contribution in [0.25, 0.3) is 0 Å². The number of nitrogens with two attached hydrogens (primary N) is 1. The fraction of sp³-hybridized carbons (Fsp3) is 0.600. The summed E-state index contributed by atoms with van der Waals surface area (Å²) in [7, 11) is 0. The SMILES string of the molecule is CCOC(C(N)Cc1ccccc1F)C(C)(C)C. The standard InChI is InChI=1S/C15H24FNO/c1-5-18-14(15(2,3)4)13(17)10-11-8-6-7-9-12(11)16/h6-9,13-14H,5,10,17H2,1-4H3. The molecule has 0 aliphatic rings. The number of benzene rings is 1. The van der Waals surface area contributed by atoms with Crippen LogP contribution in [0.1, 0.15) is 33.3 Å². The third kappa shape index (κ3) is 4.07. The molecule has 1 aromatic carbocycles. The molecule has 0 saturated carbocycles. The first-order chi connectivity index (χ1) is 8.36. The summed E-state index contributed by atoms with van der Waals surface area (Å²) >= 11 is 0. The highest BCUT2D eigenvalue weighted by molar-refractivity contribution is 5.18. The molecule has 0 radical (unpaired) electrons. The number of hydrogen-bond donors (Lipinski definition) is 1. The van der Waals surface area contributed by atoms with E-state index in [0.717, 1.165) is 0 Å².